The quantitative estimate of drug-likeness (QED) is 0.413. The smallest absolute Gasteiger partial charge is 0.305 e. The second-order valence-corrected chi connectivity index (χ2v) is 4.12. The topological polar surface area (TPSA) is 38.8 Å². The van der Waals surface area contributed by atoms with Crippen LogP contribution in [0, 0.1) is 0 Å². The lowest BCUT2D eigenvalue weighted by Gasteiger charge is -2.15. The highest BCUT2D eigenvalue weighted by atomic mass is 16.5. The molecule has 4 heteroatoms. The molecule has 0 amide bonds. The van der Waals surface area contributed by atoms with Crippen molar-refractivity contribution in [3.8, 4) is 0 Å². The average molecular weight is 245 g/mol. The lowest BCUT2D eigenvalue weighted by molar-refractivity contribution is -0.143. The number of ether oxygens (including phenoxy) is 2. The van der Waals surface area contributed by atoms with Crippen molar-refractivity contribution < 1.29 is 14.3 Å². The van der Waals surface area contributed by atoms with E-state index < -0.39 is 0 Å². The van der Waals surface area contributed by atoms with Gasteiger partial charge >= 0.3 is 5.97 Å². The number of hydrogen-bond donors (Lipinski definition) is 0. The first-order chi connectivity index (χ1) is 8.20. The molecule has 0 aromatic carbocycles. The molecule has 0 saturated carbocycles. The van der Waals surface area contributed by atoms with E-state index in [9.17, 15) is 4.79 Å². The highest BCUT2D eigenvalue weighted by Gasteiger charge is 2.02. The Kier molecular flexibility index (Phi) is 11.4. The van der Waals surface area contributed by atoms with Crippen molar-refractivity contribution in [1.29, 1.82) is 0 Å². The Hall–Kier alpha value is -0.610. The molecule has 0 aliphatic heterocycles. The number of esters is 1. The molecule has 0 unspecified atom stereocenters. The van der Waals surface area contributed by atoms with Crippen molar-refractivity contribution in [2.45, 2.75) is 39.5 Å². The molecule has 0 spiro atoms. The van der Waals surface area contributed by atoms with Crippen LogP contribution in [-0.4, -0.2) is 50.8 Å². The van der Waals surface area contributed by atoms with E-state index in [1.54, 1.807) is 0 Å². The van der Waals surface area contributed by atoms with Crippen LogP contribution < -0.4 is 0 Å². The van der Waals surface area contributed by atoms with E-state index in [4.69, 9.17) is 9.47 Å². The third-order valence-electron chi connectivity index (χ3n) is 2.55. The molecule has 0 fully saturated rings. The average Bonchev–Trinajstić information content (AvgIpc) is 2.29. The SMILES string of the molecule is CCOCCN(C)CCCCCC(=O)OCC. The second-order valence-electron chi connectivity index (χ2n) is 4.12. The highest BCUT2D eigenvalue weighted by molar-refractivity contribution is 5.69. The Balaban J connectivity index is 3.24. The maximum atomic E-state index is 11.1. The monoisotopic (exact) mass is 245 g/mol. The molecule has 0 rings (SSSR count). The van der Waals surface area contributed by atoms with Gasteiger partial charge in [0.25, 0.3) is 0 Å². The lowest BCUT2D eigenvalue weighted by atomic mass is 10.2. The van der Waals surface area contributed by atoms with E-state index in [0.29, 0.717) is 13.0 Å². The first-order valence-electron chi connectivity index (χ1n) is 6.62. The Morgan fingerprint density at radius 2 is 1.82 bits per heavy atom. The largest absolute Gasteiger partial charge is 0.466 e. The first-order valence-corrected chi connectivity index (χ1v) is 6.62. The minimum Gasteiger partial charge on any atom is -0.466 e. The molecule has 17 heavy (non-hydrogen) atoms. The van der Waals surface area contributed by atoms with E-state index in [1.807, 2.05) is 13.8 Å². The minimum atomic E-state index is -0.0720. The Morgan fingerprint density at radius 1 is 1.06 bits per heavy atom. The second kappa shape index (κ2) is 11.9. The van der Waals surface area contributed by atoms with Crippen LogP contribution in [0.3, 0.4) is 0 Å². The molecular weight excluding hydrogens is 218 g/mol. The summed E-state index contributed by atoms with van der Waals surface area (Å²) in [5.74, 6) is -0.0720. The van der Waals surface area contributed by atoms with Crippen LogP contribution in [0.5, 0.6) is 0 Å². The van der Waals surface area contributed by atoms with Crippen LogP contribution in [0.4, 0.5) is 0 Å². The predicted octanol–water partition coefficient (Wildman–Crippen LogP) is 2.08. The zero-order chi connectivity index (χ0) is 12.9. The zero-order valence-corrected chi connectivity index (χ0v) is 11.5. The third-order valence-corrected chi connectivity index (χ3v) is 2.55. The fourth-order valence-corrected chi connectivity index (χ4v) is 1.54. The fourth-order valence-electron chi connectivity index (χ4n) is 1.54. The number of carbonyl (C=O) groups excluding carboxylic acids is 1. The van der Waals surface area contributed by atoms with Crippen LogP contribution in [0.1, 0.15) is 39.5 Å². The van der Waals surface area contributed by atoms with Crippen molar-refractivity contribution in [2.75, 3.05) is 40.0 Å². The molecule has 0 bridgehead atoms. The van der Waals surface area contributed by atoms with Gasteiger partial charge in [0.2, 0.25) is 0 Å². The summed E-state index contributed by atoms with van der Waals surface area (Å²) >= 11 is 0. The maximum Gasteiger partial charge on any atom is 0.305 e. The normalized spacial score (nSPS) is 10.8. The molecule has 0 heterocycles. The van der Waals surface area contributed by atoms with Crippen molar-refractivity contribution in [2.24, 2.45) is 0 Å². The molecule has 0 aliphatic rings. The summed E-state index contributed by atoms with van der Waals surface area (Å²) in [6, 6.07) is 0. The highest BCUT2D eigenvalue weighted by Crippen LogP contribution is 2.02. The Bertz CT molecular complexity index is 186. The Morgan fingerprint density at radius 3 is 2.47 bits per heavy atom. The number of nitrogens with zero attached hydrogens (tertiary/aromatic N) is 1. The van der Waals surface area contributed by atoms with Crippen LogP contribution in [0.2, 0.25) is 0 Å². The lowest BCUT2D eigenvalue weighted by Crippen LogP contribution is -2.24. The van der Waals surface area contributed by atoms with Crippen LogP contribution in [-0.2, 0) is 14.3 Å². The first kappa shape index (κ1) is 16.4. The minimum absolute atomic E-state index is 0.0720. The summed E-state index contributed by atoms with van der Waals surface area (Å²) in [6.07, 6.45) is 3.69. The van der Waals surface area contributed by atoms with Gasteiger partial charge in [-0.1, -0.05) is 6.42 Å². The third kappa shape index (κ3) is 11.6. The van der Waals surface area contributed by atoms with Crippen LogP contribution >= 0.6 is 0 Å². The van der Waals surface area contributed by atoms with Crippen molar-refractivity contribution >= 4 is 5.97 Å². The van der Waals surface area contributed by atoms with Crippen molar-refractivity contribution in [3.63, 3.8) is 0 Å². The number of likely N-dealkylation sites (N-methyl/N-ethyl adjacent to an activating group) is 1. The molecule has 0 aliphatic carbocycles. The van der Waals surface area contributed by atoms with Gasteiger partial charge in [-0.15, -0.1) is 0 Å². The summed E-state index contributed by atoms with van der Waals surface area (Å²) in [4.78, 5) is 13.3. The molecule has 0 N–H and O–H groups in total. The van der Waals surface area contributed by atoms with Crippen LogP contribution in [0.25, 0.3) is 0 Å². The van der Waals surface area contributed by atoms with Gasteiger partial charge in [0, 0.05) is 19.6 Å². The summed E-state index contributed by atoms with van der Waals surface area (Å²) in [5, 5.41) is 0. The molecule has 0 saturated heterocycles. The van der Waals surface area contributed by atoms with Gasteiger partial charge in [0.1, 0.15) is 0 Å². The molecular formula is C13H27NO3. The molecule has 0 atom stereocenters. The fraction of sp³-hybridized carbons (Fsp3) is 0.923. The van der Waals surface area contributed by atoms with E-state index in [-0.39, 0.29) is 5.97 Å². The molecule has 0 aromatic heterocycles. The van der Waals surface area contributed by atoms with Gasteiger partial charge < -0.3 is 14.4 Å². The Labute approximate surface area is 105 Å². The summed E-state index contributed by atoms with van der Waals surface area (Å²) in [6.45, 7) is 7.96. The molecule has 4 nitrogen and oxygen atoms in total. The van der Waals surface area contributed by atoms with Gasteiger partial charge in [-0.05, 0) is 40.3 Å². The van der Waals surface area contributed by atoms with Gasteiger partial charge in [-0.2, -0.15) is 0 Å². The summed E-state index contributed by atoms with van der Waals surface area (Å²) in [7, 11) is 2.10. The van der Waals surface area contributed by atoms with Crippen molar-refractivity contribution in [1.82, 2.24) is 4.90 Å². The van der Waals surface area contributed by atoms with Crippen LogP contribution in [0.15, 0.2) is 0 Å². The van der Waals surface area contributed by atoms with Gasteiger partial charge in [-0.3, -0.25) is 4.79 Å². The van der Waals surface area contributed by atoms with Gasteiger partial charge in [-0.25, -0.2) is 0 Å². The molecule has 0 radical (unpaired) electrons. The predicted molar refractivity (Wildman–Crippen MR) is 69.1 cm³/mol. The van der Waals surface area contributed by atoms with E-state index in [0.717, 1.165) is 45.6 Å². The van der Waals surface area contributed by atoms with E-state index in [1.165, 1.54) is 0 Å². The summed E-state index contributed by atoms with van der Waals surface area (Å²) < 4.78 is 10.2. The number of unbranched alkanes of at least 4 members (excludes halogenated alkanes) is 2. The number of hydrogen-bond acceptors (Lipinski definition) is 4. The van der Waals surface area contributed by atoms with Gasteiger partial charge in [0.05, 0.1) is 13.2 Å². The van der Waals surface area contributed by atoms with E-state index in [2.05, 4.69) is 11.9 Å². The number of carbonyl (C=O) groups is 1. The van der Waals surface area contributed by atoms with Crippen molar-refractivity contribution in [3.05, 3.63) is 0 Å². The standard InChI is InChI=1S/C13H27NO3/c1-4-16-12-11-14(3)10-8-6-7-9-13(15)17-5-2/h4-12H2,1-3H3. The molecule has 102 valence electrons. The molecule has 0 aromatic rings. The van der Waals surface area contributed by atoms with E-state index >= 15 is 0 Å². The van der Waals surface area contributed by atoms with Gasteiger partial charge in [0.15, 0.2) is 0 Å². The zero-order valence-electron chi connectivity index (χ0n) is 11.5. The summed E-state index contributed by atoms with van der Waals surface area (Å²) in [5.41, 5.74) is 0. The maximum absolute atomic E-state index is 11.1. The number of rotatable bonds is 11.